The molecule has 96 valence electrons. The van der Waals surface area contributed by atoms with Gasteiger partial charge in [0.1, 0.15) is 0 Å². The molecule has 1 aromatic carbocycles. The van der Waals surface area contributed by atoms with Crippen molar-refractivity contribution in [2.75, 3.05) is 6.61 Å². The second kappa shape index (κ2) is 5.85. The number of para-hydroxylation sites is 1. The van der Waals surface area contributed by atoms with Gasteiger partial charge in [-0.1, -0.05) is 18.2 Å². The Labute approximate surface area is 108 Å². The Bertz CT molecular complexity index is 503. The first-order valence-corrected chi connectivity index (χ1v) is 6.32. The van der Waals surface area contributed by atoms with Gasteiger partial charge >= 0.3 is 0 Å². The lowest BCUT2D eigenvalue weighted by molar-refractivity contribution is 0.0462. The Hall–Kier alpha value is -1.58. The standard InChI is InChI=1S/C15H20N2O/c1-4-18-16-11-14-10-12(2)17(13(14)3)15-8-6-5-7-9-15/h5-10,16H,4,11H2,1-3H3. The average molecular weight is 244 g/mol. The third-order valence-electron chi connectivity index (χ3n) is 3.06. The number of nitrogens with zero attached hydrogens (tertiary/aromatic N) is 1. The summed E-state index contributed by atoms with van der Waals surface area (Å²) in [6.45, 7) is 7.66. The van der Waals surface area contributed by atoms with Gasteiger partial charge in [-0.05, 0) is 44.5 Å². The van der Waals surface area contributed by atoms with Crippen LogP contribution in [0.1, 0.15) is 23.9 Å². The molecule has 0 aliphatic rings. The summed E-state index contributed by atoms with van der Waals surface area (Å²) in [7, 11) is 0. The van der Waals surface area contributed by atoms with Gasteiger partial charge in [0.05, 0.1) is 6.61 Å². The van der Waals surface area contributed by atoms with E-state index in [1.807, 2.05) is 13.0 Å². The van der Waals surface area contributed by atoms with Crippen molar-refractivity contribution in [3.05, 3.63) is 53.3 Å². The van der Waals surface area contributed by atoms with E-state index in [9.17, 15) is 0 Å². The van der Waals surface area contributed by atoms with E-state index in [2.05, 4.69) is 54.2 Å². The molecule has 0 saturated carbocycles. The van der Waals surface area contributed by atoms with Crippen LogP contribution in [0.2, 0.25) is 0 Å². The van der Waals surface area contributed by atoms with Gasteiger partial charge in [-0.15, -0.1) is 0 Å². The van der Waals surface area contributed by atoms with Crippen LogP contribution in [0.4, 0.5) is 0 Å². The van der Waals surface area contributed by atoms with Crippen LogP contribution in [0.15, 0.2) is 36.4 Å². The molecule has 1 heterocycles. The summed E-state index contributed by atoms with van der Waals surface area (Å²) in [5.74, 6) is 0. The van der Waals surface area contributed by atoms with Gasteiger partial charge < -0.3 is 9.40 Å². The molecule has 18 heavy (non-hydrogen) atoms. The van der Waals surface area contributed by atoms with Gasteiger partial charge in [0.2, 0.25) is 0 Å². The zero-order valence-electron chi connectivity index (χ0n) is 11.2. The molecule has 0 bridgehead atoms. The number of hydroxylamine groups is 1. The Balaban J connectivity index is 2.27. The molecule has 2 aromatic rings. The number of nitrogens with one attached hydrogen (secondary N) is 1. The molecule has 1 aromatic heterocycles. The van der Waals surface area contributed by atoms with E-state index in [1.165, 1.54) is 22.6 Å². The lowest BCUT2D eigenvalue weighted by atomic mass is 10.2. The number of hydrogen-bond acceptors (Lipinski definition) is 2. The minimum absolute atomic E-state index is 0.678. The van der Waals surface area contributed by atoms with E-state index in [0.29, 0.717) is 6.61 Å². The van der Waals surface area contributed by atoms with Crippen molar-refractivity contribution in [3.8, 4) is 5.69 Å². The van der Waals surface area contributed by atoms with Crippen LogP contribution in [-0.2, 0) is 11.4 Å². The first-order valence-electron chi connectivity index (χ1n) is 6.32. The topological polar surface area (TPSA) is 26.2 Å². The predicted octanol–water partition coefficient (Wildman–Crippen LogP) is 3.14. The monoisotopic (exact) mass is 244 g/mol. The Morgan fingerprint density at radius 3 is 2.56 bits per heavy atom. The molecule has 0 unspecified atom stereocenters. The molecule has 0 aliphatic heterocycles. The molecule has 0 spiro atoms. The number of hydrogen-bond donors (Lipinski definition) is 1. The molecule has 1 N–H and O–H groups in total. The average Bonchev–Trinajstić information content (AvgIpc) is 2.66. The van der Waals surface area contributed by atoms with Crippen molar-refractivity contribution in [3.63, 3.8) is 0 Å². The van der Waals surface area contributed by atoms with Crippen LogP contribution in [0.25, 0.3) is 5.69 Å². The molecule has 0 saturated heterocycles. The Morgan fingerprint density at radius 1 is 1.17 bits per heavy atom. The van der Waals surface area contributed by atoms with Crippen LogP contribution < -0.4 is 5.48 Å². The fourth-order valence-corrected chi connectivity index (χ4v) is 2.21. The van der Waals surface area contributed by atoms with E-state index in [1.54, 1.807) is 0 Å². The summed E-state index contributed by atoms with van der Waals surface area (Å²) in [6.07, 6.45) is 0. The molecular weight excluding hydrogens is 224 g/mol. The van der Waals surface area contributed by atoms with Gasteiger partial charge in [-0.2, -0.15) is 5.48 Å². The minimum atomic E-state index is 0.678. The van der Waals surface area contributed by atoms with E-state index in [0.717, 1.165) is 6.54 Å². The van der Waals surface area contributed by atoms with Crippen molar-refractivity contribution in [2.45, 2.75) is 27.3 Å². The van der Waals surface area contributed by atoms with Gasteiger partial charge in [0.25, 0.3) is 0 Å². The number of benzene rings is 1. The van der Waals surface area contributed by atoms with Crippen molar-refractivity contribution >= 4 is 0 Å². The lowest BCUT2D eigenvalue weighted by Crippen LogP contribution is -2.14. The first kappa shape index (κ1) is 12.9. The maximum absolute atomic E-state index is 5.19. The van der Waals surface area contributed by atoms with Crippen molar-refractivity contribution < 1.29 is 4.84 Å². The number of rotatable bonds is 5. The molecule has 0 amide bonds. The molecule has 0 aliphatic carbocycles. The highest BCUT2D eigenvalue weighted by molar-refractivity contribution is 5.40. The van der Waals surface area contributed by atoms with Crippen LogP contribution >= 0.6 is 0 Å². The maximum atomic E-state index is 5.19. The highest BCUT2D eigenvalue weighted by Gasteiger charge is 2.09. The van der Waals surface area contributed by atoms with E-state index in [-0.39, 0.29) is 0 Å². The lowest BCUT2D eigenvalue weighted by Gasteiger charge is -2.10. The third-order valence-corrected chi connectivity index (χ3v) is 3.06. The van der Waals surface area contributed by atoms with Gasteiger partial charge in [0.15, 0.2) is 0 Å². The quantitative estimate of drug-likeness (QED) is 0.646. The zero-order valence-corrected chi connectivity index (χ0v) is 11.2. The zero-order chi connectivity index (χ0) is 13.0. The van der Waals surface area contributed by atoms with Crippen LogP contribution in [0, 0.1) is 13.8 Å². The van der Waals surface area contributed by atoms with Crippen LogP contribution in [-0.4, -0.2) is 11.2 Å². The summed E-state index contributed by atoms with van der Waals surface area (Å²) < 4.78 is 2.27. The van der Waals surface area contributed by atoms with E-state index < -0.39 is 0 Å². The highest BCUT2D eigenvalue weighted by Crippen LogP contribution is 2.20. The predicted molar refractivity (Wildman–Crippen MR) is 73.7 cm³/mol. The molecule has 3 nitrogen and oxygen atoms in total. The van der Waals surface area contributed by atoms with Crippen LogP contribution in [0.5, 0.6) is 0 Å². The summed E-state index contributed by atoms with van der Waals surface area (Å²) in [5.41, 5.74) is 7.94. The molecular formula is C15H20N2O. The fraction of sp³-hybridized carbons (Fsp3) is 0.333. The normalized spacial score (nSPS) is 10.8. The second-order valence-corrected chi connectivity index (χ2v) is 4.32. The second-order valence-electron chi connectivity index (χ2n) is 4.32. The van der Waals surface area contributed by atoms with Gasteiger partial charge in [0, 0.05) is 23.6 Å². The third kappa shape index (κ3) is 2.63. The molecule has 0 fully saturated rings. The smallest absolute Gasteiger partial charge is 0.0654 e. The Morgan fingerprint density at radius 2 is 1.89 bits per heavy atom. The highest BCUT2D eigenvalue weighted by atomic mass is 16.6. The van der Waals surface area contributed by atoms with Crippen molar-refractivity contribution in [2.24, 2.45) is 0 Å². The van der Waals surface area contributed by atoms with Gasteiger partial charge in [-0.25, -0.2) is 0 Å². The molecule has 0 atom stereocenters. The largest absolute Gasteiger partial charge is 0.318 e. The SMILES string of the molecule is CCONCc1cc(C)n(-c2ccccc2)c1C. The summed E-state index contributed by atoms with van der Waals surface area (Å²) in [6, 6.07) is 12.6. The maximum Gasteiger partial charge on any atom is 0.0654 e. The first-order chi connectivity index (χ1) is 8.74. The summed E-state index contributed by atoms with van der Waals surface area (Å²) in [5, 5.41) is 0. The summed E-state index contributed by atoms with van der Waals surface area (Å²) in [4.78, 5) is 5.19. The van der Waals surface area contributed by atoms with Crippen molar-refractivity contribution in [1.82, 2.24) is 10.0 Å². The van der Waals surface area contributed by atoms with Crippen molar-refractivity contribution in [1.29, 1.82) is 0 Å². The fourth-order valence-electron chi connectivity index (χ4n) is 2.21. The van der Waals surface area contributed by atoms with Gasteiger partial charge in [-0.3, -0.25) is 0 Å². The molecule has 0 radical (unpaired) electrons. The van der Waals surface area contributed by atoms with E-state index >= 15 is 0 Å². The number of aryl methyl sites for hydroxylation is 1. The Kier molecular flexibility index (Phi) is 4.18. The molecule has 3 heteroatoms. The van der Waals surface area contributed by atoms with E-state index in [4.69, 9.17) is 4.84 Å². The minimum Gasteiger partial charge on any atom is -0.318 e. The van der Waals surface area contributed by atoms with Crippen LogP contribution in [0.3, 0.4) is 0 Å². The number of aromatic nitrogens is 1. The molecule has 2 rings (SSSR count). The summed E-state index contributed by atoms with van der Waals surface area (Å²) >= 11 is 0.